The summed E-state index contributed by atoms with van der Waals surface area (Å²) in [6.07, 6.45) is -2.52. The summed E-state index contributed by atoms with van der Waals surface area (Å²) in [5.74, 6) is -0.736. The zero-order chi connectivity index (χ0) is 31.4. The average molecular weight is 625 g/mol. The number of thioether (sulfide) groups is 1. The molecule has 44 heavy (non-hydrogen) atoms. The third kappa shape index (κ3) is 7.14. The maximum Gasteiger partial charge on any atom is 0.573 e. The first-order valence-electron chi connectivity index (χ1n) is 13.2. The van der Waals surface area contributed by atoms with Crippen LogP contribution >= 0.6 is 11.8 Å². The number of carbonyl (C=O) groups is 2. The van der Waals surface area contributed by atoms with Crippen molar-refractivity contribution in [1.82, 2.24) is 20.1 Å². The molecule has 0 bridgehead atoms. The molecule has 0 aliphatic carbocycles. The molecule has 0 radical (unpaired) electrons. The van der Waals surface area contributed by atoms with Crippen LogP contribution in [0, 0.1) is 0 Å². The Bertz CT molecular complexity index is 1730. The number of amidine groups is 1. The minimum absolute atomic E-state index is 0.130. The van der Waals surface area contributed by atoms with Crippen LogP contribution in [-0.4, -0.2) is 44.0 Å². The molecule has 0 atom stereocenters. The number of hydrogen-bond donors (Lipinski definition) is 1. The van der Waals surface area contributed by atoms with Gasteiger partial charge in [-0.1, -0.05) is 68.1 Å². The summed E-state index contributed by atoms with van der Waals surface area (Å²) < 4.78 is 57.3. The number of benzene rings is 3. The summed E-state index contributed by atoms with van der Waals surface area (Å²) in [5.41, 5.74) is 2.76. The van der Waals surface area contributed by atoms with E-state index in [1.165, 1.54) is 40.2 Å². The van der Waals surface area contributed by atoms with Crippen LogP contribution in [-0.2, 0) is 4.79 Å². The molecule has 1 aliphatic rings. The second kappa shape index (κ2) is 12.7. The summed E-state index contributed by atoms with van der Waals surface area (Å²) in [6.45, 7) is 4.00. The molecule has 14 heteroatoms. The predicted octanol–water partition coefficient (Wildman–Crippen LogP) is 7.07. The molecule has 0 saturated carbocycles. The van der Waals surface area contributed by atoms with Gasteiger partial charge in [-0.2, -0.15) is 4.99 Å². The molecule has 0 unspecified atom stereocenters. The van der Waals surface area contributed by atoms with E-state index < -0.39 is 18.2 Å². The Balaban J connectivity index is 1.24. The lowest BCUT2D eigenvalue weighted by Crippen LogP contribution is -2.31. The minimum Gasteiger partial charge on any atom is -0.406 e. The van der Waals surface area contributed by atoms with Crippen molar-refractivity contribution in [3.63, 3.8) is 0 Å². The van der Waals surface area contributed by atoms with E-state index in [0.29, 0.717) is 22.8 Å². The molecular weight excluding hydrogens is 600 g/mol. The van der Waals surface area contributed by atoms with Gasteiger partial charge in [0.2, 0.25) is 5.91 Å². The largest absolute Gasteiger partial charge is 0.573 e. The lowest BCUT2D eigenvalue weighted by molar-refractivity contribution is -0.274. The molecular formula is C30H24F4N6O3S. The highest BCUT2D eigenvalue weighted by atomic mass is 32.2. The van der Waals surface area contributed by atoms with Gasteiger partial charge < -0.3 is 10.1 Å². The molecule has 1 N–H and O–H groups in total. The van der Waals surface area contributed by atoms with E-state index in [2.05, 4.69) is 25.1 Å². The Morgan fingerprint density at radius 2 is 1.77 bits per heavy atom. The number of alkyl halides is 3. The van der Waals surface area contributed by atoms with Crippen molar-refractivity contribution < 1.29 is 31.9 Å². The standard InChI is InChI=1S/C30H24F4N6O3S/c1-18(2)23-5-3-4-6-25(23)40-26(41)16-44-29(40)37-28(42)35-15-24(31)19-7-9-20(10-8-19)27-36-17-39(38-27)21-11-13-22(14-12-21)43-30(32,33)34/h3-15,17-18H,16H2,1-2H3,(H,35,42)/b24-15-,37-29-. The van der Waals surface area contributed by atoms with E-state index in [1.807, 2.05) is 26.0 Å². The lowest BCUT2D eigenvalue weighted by atomic mass is 10.0. The zero-order valence-corrected chi connectivity index (χ0v) is 24.1. The quantitative estimate of drug-likeness (QED) is 0.221. The Labute approximate surface area is 253 Å². The number of nitrogens with one attached hydrogen (secondary N) is 1. The van der Waals surface area contributed by atoms with E-state index in [1.54, 1.807) is 24.3 Å². The monoisotopic (exact) mass is 624 g/mol. The molecule has 1 fully saturated rings. The van der Waals surface area contributed by atoms with Gasteiger partial charge in [0, 0.05) is 17.3 Å². The highest BCUT2D eigenvalue weighted by molar-refractivity contribution is 8.15. The third-order valence-electron chi connectivity index (χ3n) is 6.33. The van der Waals surface area contributed by atoms with Gasteiger partial charge in [-0.3, -0.25) is 9.69 Å². The number of halogens is 4. The van der Waals surface area contributed by atoms with Crippen molar-refractivity contribution in [1.29, 1.82) is 0 Å². The van der Waals surface area contributed by atoms with Crippen molar-refractivity contribution in [2.75, 3.05) is 10.7 Å². The van der Waals surface area contributed by atoms with Crippen molar-refractivity contribution in [3.05, 3.63) is 96.5 Å². The molecule has 3 aromatic carbocycles. The molecule has 9 nitrogen and oxygen atoms in total. The fraction of sp³-hybridized carbons (Fsp3) is 0.167. The van der Waals surface area contributed by atoms with Crippen LogP contribution in [0.5, 0.6) is 5.75 Å². The van der Waals surface area contributed by atoms with Crippen LogP contribution in [0.1, 0.15) is 30.9 Å². The Morgan fingerprint density at radius 1 is 1.07 bits per heavy atom. The number of nitrogens with zero attached hydrogens (tertiary/aromatic N) is 5. The molecule has 226 valence electrons. The highest BCUT2D eigenvalue weighted by Gasteiger charge is 2.32. The Morgan fingerprint density at radius 3 is 2.45 bits per heavy atom. The molecule has 1 aliphatic heterocycles. The summed E-state index contributed by atoms with van der Waals surface area (Å²) >= 11 is 1.13. The van der Waals surface area contributed by atoms with Gasteiger partial charge in [-0.15, -0.1) is 18.3 Å². The number of amides is 3. The van der Waals surface area contributed by atoms with Crippen LogP contribution in [0.3, 0.4) is 0 Å². The van der Waals surface area contributed by atoms with Crippen LogP contribution in [0.25, 0.3) is 22.9 Å². The maximum atomic E-state index is 14.9. The van der Waals surface area contributed by atoms with Crippen molar-refractivity contribution in [2.45, 2.75) is 26.1 Å². The summed E-state index contributed by atoms with van der Waals surface area (Å²) in [4.78, 5) is 34.8. The Kier molecular flexibility index (Phi) is 8.81. The number of aromatic nitrogens is 3. The fourth-order valence-corrected chi connectivity index (χ4v) is 5.15. The van der Waals surface area contributed by atoms with Gasteiger partial charge in [0.25, 0.3) is 0 Å². The number of rotatable bonds is 7. The van der Waals surface area contributed by atoms with Crippen LogP contribution in [0.4, 0.5) is 28.0 Å². The Hall–Kier alpha value is -4.98. The SMILES string of the molecule is CC(C)c1ccccc1N1C(=O)CS/C1=N\C(=O)N/C=C(\F)c1ccc(-c2ncn(-c3ccc(OC(F)(F)F)cc3)n2)cc1. The van der Waals surface area contributed by atoms with Gasteiger partial charge in [-0.25, -0.2) is 18.9 Å². The number of hydrogen-bond acceptors (Lipinski definition) is 6. The van der Waals surface area contributed by atoms with Gasteiger partial charge in [0.15, 0.2) is 11.0 Å². The van der Waals surface area contributed by atoms with E-state index in [9.17, 15) is 27.2 Å². The van der Waals surface area contributed by atoms with E-state index in [4.69, 9.17) is 0 Å². The molecule has 0 spiro atoms. The minimum atomic E-state index is -4.79. The van der Waals surface area contributed by atoms with Crippen molar-refractivity contribution >= 4 is 40.4 Å². The van der Waals surface area contributed by atoms with Gasteiger partial charge >= 0.3 is 12.4 Å². The number of anilines is 1. The normalized spacial score (nSPS) is 14.9. The average Bonchev–Trinajstić information content (AvgIpc) is 3.62. The number of ether oxygens (including phenoxy) is 1. The van der Waals surface area contributed by atoms with Gasteiger partial charge in [0.1, 0.15) is 17.9 Å². The third-order valence-corrected chi connectivity index (χ3v) is 7.25. The van der Waals surface area contributed by atoms with Crippen molar-refractivity contribution in [2.24, 2.45) is 4.99 Å². The second-order valence-corrected chi connectivity index (χ2v) is 10.6. The summed E-state index contributed by atoms with van der Waals surface area (Å²) in [6, 6.07) is 17.8. The molecule has 1 saturated heterocycles. The topological polar surface area (TPSA) is 102 Å². The maximum absolute atomic E-state index is 14.9. The molecule has 4 aromatic rings. The molecule has 5 rings (SSSR count). The number of aliphatic imine (C=N–C) groups is 1. The van der Waals surface area contributed by atoms with Gasteiger partial charge in [0.05, 0.1) is 17.1 Å². The number of para-hydroxylation sites is 1. The first-order valence-corrected chi connectivity index (χ1v) is 14.2. The predicted molar refractivity (Wildman–Crippen MR) is 159 cm³/mol. The smallest absolute Gasteiger partial charge is 0.406 e. The van der Waals surface area contributed by atoms with Crippen LogP contribution < -0.4 is 15.0 Å². The lowest BCUT2D eigenvalue weighted by Gasteiger charge is -2.21. The molecule has 1 aromatic heterocycles. The van der Waals surface area contributed by atoms with E-state index in [-0.39, 0.29) is 34.1 Å². The first kappa shape index (κ1) is 30.5. The van der Waals surface area contributed by atoms with Crippen molar-refractivity contribution in [3.8, 4) is 22.8 Å². The van der Waals surface area contributed by atoms with E-state index >= 15 is 0 Å². The molecule has 3 amide bonds. The van der Waals surface area contributed by atoms with E-state index in [0.717, 1.165) is 35.7 Å². The molecule has 2 heterocycles. The van der Waals surface area contributed by atoms with Crippen LogP contribution in [0.15, 0.2) is 90.3 Å². The summed E-state index contributed by atoms with van der Waals surface area (Å²) in [5, 5.41) is 6.83. The highest BCUT2D eigenvalue weighted by Crippen LogP contribution is 2.33. The first-order chi connectivity index (χ1) is 21.0. The summed E-state index contributed by atoms with van der Waals surface area (Å²) in [7, 11) is 0. The van der Waals surface area contributed by atoms with Gasteiger partial charge in [-0.05, 0) is 41.8 Å². The fourth-order valence-electron chi connectivity index (χ4n) is 4.29. The number of urea groups is 1. The van der Waals surface area contributed by atoms with Crippen LogP contribution in [0.2, 0.25) is 0 Å². The second-order valence-electron chi connectivity index (χ2n) is 9.70. The number of carbonyl (C=O) groups excluding carboxylic acids is 2. The zero-order valence-electron chi connectivity index (χ0n) is 23.2.